The van der Waals surface area contributed by atoms with E-state index in [1.807, 2.05) is 31.2 Å². The average Bonchev–Trinajstić information content (AvgIpc) is 2.48. The van der Waals surface area contributed by atoms with Crippen molar-refractivity contribution < 1.29 is 14.2 Å². The van der Waals surface area contributed by atoms with Gasteiger partial charge in [0.25, 0.3) is 0 Å². The highest BCUT2D eigenvalue weighted by Crippen LogP contribution is 2.21. The van der Waals surface area contributed by atoms with Crippen LogP contribution in [0.4, 0.5) is 4.39 Å². The number of hydrogen-bond acceptors (Lipinski definition) is 2. The molecule has 0 bridgehead atoms. The van der Waals surface area contributed by atoms with Crippen LogP contribution in [-0.4, -0.2) is 5.11 Å². The summed E-state index contributed by atoms with van der Waals surface area (Å²) in [6, 6.07) is 12.1. The van der Waals surface area contributed by atoms with E-state index < -0.39 is 6.10 Å². The summed E-state index contributed by atoms with van der Waals surface area (Å²) in [4.78, 5) is 0. The van der Waals surface area contributed by atoms with Crippen molar-refractivity contribution in [1.29, 1.82) is 0 Å². The third-order valence-corrected chi connectivity index (χ3v) is 3.65. The van der Waals surface area contributed by atoms with Crippen LogP contribution in [0.5, 0.6) is 5.75 Å². The Morgan fingerprint density at radius 2 is 1.90 bits per heavy atom. The predicted molar refractivity (Wildman–Crippen MR) is 80.1 cm³/mol. The highest BCUT2D eigenvalue weighted by molar-refractivity contribution is 9.10. The molecule has 0 aliphatic rings. The molecule has 0 spiro atoms. The number of aliphatic hydroxyl groups is 1. The second-order valence-corrected chi connectivity index (χ2v) is 5.38. The largest absolute Gasteiger partial charge is 0.489 e. The molecule has 2 nitrogen and oxygen atoms in total. The molecule has 0 aromatic heterocycles. The van der Waals surface area contributed by atoms with E-state index in [0.29, 0.717) is 17.5 Å². The van der Waals surface area contributed by atoms with Gasteiger partial charge in [-0.05, 0) is 57.7 Å². The monoisotopic (exact) mass is 338 g/mol. The molecule has 1 atom stereocenters. The van der Waals surface area contributed by atoms with Gasteiger partial charge in [0.1, 0.15) is 18.2 Å². The van der Waals surface area contributed by atoms with Crippen molar-refractivity contribution in [3.63, 3.8) is 0 Å². The van der Waals surface area contributed by atoms with Gasteiger partial charge >= 0.3 is 0 Å². The lowest BCUT2D eigenvalue weighted by Crippen LogP contribution is -1.98. The van der Waals surface area contributed by atoms with Gasteiger partial charge in [-0.2, -0.15) is 0 Å². The van der Waals surface area contributed by atoms with Crippen LogP contribution in [0.15, 0.2) is 46.9 Å². The quantitative estimate of drug-likeness (QED) is 0.862. The molecule has 106 valence electrons. The summed E-state index contributed by atoms with van der Waals surface area (Å²) in [6.07, 6.45) is 0.251. The van der Waals surface area contributed by atoms with Crippen molar-refractivity contribution >= 4 is 15.9 Å². The second kappa shape index (κ2) is 6.86. The topological polar surface area (TPSA) is 29.5 Å². The van der Waals surface area contributed by atoms with E-state index in [9.17, 15) is 9.50 Å². The Balaban J connectivity index is 1.98. The van der Waals surface area contributed by atoms with E-state index in [0.717, 1.165) is 16.9 Å². The summed E-state index contributed by atoms with van der Waals surface area (Å²) in [5.74, 6) is 0.434. The third-order valence-electron chi connectivity index (χ3n) is 3.04. The predicted octanol–water partition coefficient (Wildman–Crippen LogP) is 4.61. The van der Waals surface area contributed by atoms with E-state index in [1.54, 1.807) is 12.1 Å². The maximum Gasteiger partial charge on any atom is 0.137 e. The number of rotatable bonds is 5. The fourth-order valence-corrected chi connectivity index (χ4v) is 2.24. The van der Waals surface area contributed by atoms with Crippen molar-refractivity contribution in [2.75, 3.05) is 0 Å². The molecule has 2 aromatic rings. The van der Waals surface area contributed by atoms with E-state index in [1.165, 1.54) is 6.07 Å². The van der Waals surface area contributed by atoms with E-state index >= 15 is 0 Å². The Kier molecular flexibility index (Phi) is 5.15. The zero-order valence-corrected chi connectivity index (χ0v) is 12.7. The zero-order valence-electron chi connectivity index (χ0n) is 11.1. The summed E-state index contributed by atoms with van der Waals surface area (Å²) in [5.41, 5.74) is 1.76. The van der Waals surface area contributed by atoms with Gasteiger partial charge in [-0.15, -0.1) is 0 Å². The minimum Gasteiger partial charge on any atom is -0.489 e. The van der Waals surface area contributed by atoms with Gasteiger partial charge in [-0.25, -0.2) is 4.39 Å². The average molecular weight is 339 g/mol. The van der Waals surface area contributed by atoms with Gasteiger partial charge in [0.05, 0.1) is 10.6 Å². The molecule has 2 aromatic carbocycles. The summed E-state index contributed by atoms with van der Waals surface area (Å²) >= 11 is 3.15. The van der Waals surface area contributed by atoms with Gasteiger partial charge in [0.15, 0.2) is 0 Å². The van der Waals surface area contributed by atoms with Crippen LogP contribution >= 0.6 is 15.9 Å². The van der Waals surface area contributed by atoms with Crippen LogP contribution in [0.25, 0.3) is 0 Å². The van der Waals surface area contributed by atoms with Crippen LogP contribution in [-0.2, 0) is 6.61 Å². The number of aliphatic hydroxyl groups excluding tert-OH is 1. The molecule has 0 amide bonds. The molecule has 20 heavy (non-hydrogen) atoms. The van der Waals surface area contributed by atoms with Crippen molar-refractivity contribution in [2.45, 2.75) is 26.1 Å². The summed E-state index contributed by atoms with van der Waals surface area (Å²) < 4.78 is 19.2. The van der Waals surface area contributed by atoms with E-state index in [2.05, 4.69) is 15.9 Å². The summed E-state index contributed by atoms with van der Waals surface area (Å²) in [7, 11) is 0. The van der Waals surface area contributed by atoms with Gasteiger partial charge in [-0.1, -0.05) is 25.1 Å². The molecule has 2 rings (SSSR count). The van der Waals surface area contributed by atoms with E-state index in [-0.39, 0.29) is 5.82 Å². The molecule has 0 aliphatic carbocycles. The first-order valence-corrected chi connectivity index (χ1v) is 7.24. The van der Waals surface area contributed by atoms with Gasteiger partial charge in [-0.3, -0.25) is 0 Å². The standard InChI is InChI=1S/C16H16BrFO2/c1-2-16(19)12-4-6-13(7-5-12)20-10-11-3-8-15(18)14(17)9-11/h3-9,16,19H,2,10H2,1H3/t16-/m1/s1. The van der Waals surface area contributed by atoms with Gasteiger partial charge in [0, 0.05) is 0 Å². The maximum atomic E-state index is 13.1. The highest BCUT2D eigenvalue weighted by atomic mass is 79.9. The van der Waals surface area contributed by atoms with Crippen LogP contribution in [0.3, 0.4) is 0 Å². The molecule has 0 fully saturated rings. The minimum atomic E-state index is -0.433. The maximum absolute atomic E-state index is 13.1. The zero-order chi connectivity index (χ0) is 14.5. The molecular formula is C16H16BrFO2. The summed E-state index contributed by atoms with van der Waals surface area (Å²) in [5, 5.41) is 9.70. The fraction of sp³-hybridized carbons (Fsp3) is 0.250. The fourth-order valence-electron chi connectivity index (χ4n) is 1.82. The smallest absolute Gasteiger partial charge is 0.137 e. The Morgan fingerprint density at radius 1 is 1.20 bits per heavy atom. The Morgan fingerprint density at radius 3 is 2.50 bits per heavy atom. The normalized spacial score (nSPS) is 12.2. The molecule has 1 N–H and O–H groups in total. The molecule has 0 radical (unpaired) electrons. The lowest BCUT2D eigenvalue weighted by molar-refractivity contribution is 0.173. The van der Waals surface area contributed by atoms with Crippen molar-refractivity contribution in [2.24, 2.45) is 0 Å². The van der Waals surface area contributed by atoms with Crippen molar-refractivity contribution in [3.8, 4) is 5.75 Å². The Bertz CT molecular complexity index is 569. The number of halogens is 2. The molecular weight excluding hydrogens is 323 g/mol. The first-order valence-electron chi connectivity index (χ1n) is 6.45. The third kappa shape index (κ3) is 3.81. The highest BCUT2D eigenvalue weighted by Gasteiger charge is 2.05. The molecule has 0 aliphatic heterocycles. The number of benzene rings is 2. The molecule has 0 saturated carbocycles. The van der Waals surface area contributed by atoms with E-state index in [4.69, 9.17) is 4.74 Å². The molecule has 0 heterocycles. The lowest BCUT2D eigenvalue weighted by Gasteiger charge is -2.10. The second-order valence-electron chi connectivity index (χ2n) is 4.53. The number of hydrogen-bond donors (Lipinski definition) is 1. The first-order chi connectivity index (χ1) is 9.60. The lowest BCUT2D eigenvalue weighted by atomic mass is 10.1. The van der Waals surface area contributed by atoms with Crippen LogP contribution in [0, 0.1) is 5.82 Å². The van der Waals surface area contributed by atoms with Crippen molar-refractivity contribution in [1.82, 2.24) is 0 Å². The first kappa shape index (κ1) is 15.0. The minimum absolute atomic E-state index is 0.286. The molecule has 0 unspecified atom stereocenters. The molecule has 4 heteroatoms. The Labute approximate surface area is 126 Å². The van der Waals surface area contributed by atoms with Gasteiger partial charge < -0.3 is 9.84 Å². The van der Waals surface area contributed by atoms with Crippen molar-refractivity contribution in [3.05, 3.63) is 63.9 Å². The number of ether oxygens (including phenoxy) is 1. The molecule has 0 saturated heterocycles. The van der Waals surface area contributed by atoms with Crippen LogP contribution in [0.1, 0.15) is 30.6 Å². The Hall–Kier alpha value is -1.39. The summed E-state index contributed by atoms with van der Waals surface area (Å²) in [6.45, 7) is 2.30. The van der Waals surface area contributed by atoms with Crippen LogP contribution in [0.2, 0.25) is 0 Å². The van der Waals surface area contributed by atoms with Gasteiger partial charge in [0.2, 0.25) is 0 Å². The van der Waals surface area contributed by atoms with Crippen LogP contribution < -0.4 is 4.74 Å². The SMILES string of the molecule is CC[C@@H](O)c1ccc(OCc2ccc(F)c(Br)c2)cc1.